The first-order chi connectivity index (χ1) is 14.6. The Morgan fingerprint density at radius 3 is 2.80 bits per heavy atom. The normalized spacial score (nSPS) is 15.1. The molecule has 1 aliphatic heterocycles. The number of hydrogen-bond donors (Lipinski definition) is 1. The lowest BCUT2D eigenvalue weighted by molar-refractivity contribution is -0.117. The summed E-state index contributed by atoms with van der Waals surface area (Å²) >= 11 is 0. The van der Waals surface area contributed by atoms with Crippen LogP contribution in [0, 0.1) is 5.82 Å². The predicted octanol–water partition coefficient (Wildman–Crippen LogP) is 3.70. The van der Waals surface area contributed by atoms with Gasteiger partial charge in [0.2, 0.25) is 17.6 Å². The molecule has 3 aromatic rings. The maximum Gasteiger partial charge on any atom is 0.238 e. The molecule has 8 heteroatoms. The number of aromatic nitrogens is 2. The standard InChI is InChI=1S/C22H23FN4O3/c1-29-19-8-3-2-7-18(19)24-20(28)14-27-11-9-15(10-12-27)22-25-21(26-30-22)16-5-4-6-17(23)13-16/h2-8,13,15H,9-12,14H2,1H3,(H,24,28). The fourth-order valence-electron chi connectivity index (χ4n) is 3.62. The minimum Gasteiger partial charge on any atom is -0.495 e. The van der Waals surface area contributed by atoms with Gasteiger partial charge >= 0.3 is 0 Å². The summed E-state index contributed by atoms with van der Waals surface area (Å²) < 4.78 is 24.1. The lowest BCUT2D eigenvalue weighted by atomic mass is 9.97. The van der Waals surface area contributed by atoms with Crippen LogP contribution in [0.3, 0.4) is 0 Å². The number of hydrogen-bond acceptors (Lipinski definition) is 6. The molecule has 2 heterocycles. The van der Waals surface area contributed by atoms with Crippen molar-refractivity contribution >= 4 is 11.6 Å². The topological polar surface area (TPSA) is 80.5 Å². The number of rotatable bonds is 6. The van der Waals surface area contributed by atoms with Gasteiger partial charge in [-0.3, -0.25) is 9.69 Å². The second-order valence-corrected chi connectivity index (χ2v) is 7.27. The van der Waals surface area contributed by atoms with E-state index in [-0.39, 0.29) is 17.6 Å². The number of benzene rings is 2. The number of halogens is 1. The molecule has 2 aromatic carbocycles. The Labute approximate surface area is 173 Å². The molecule has 0 spiro atoms. The molecule has 30 heavy (non-hydrogen) atoms. The van der Waals surface area contributed by atoms with Gasteiger partial charge in [-0.2, -0.15) is 4.98 Å². The molecule has 1 aliphatic rings. The summed E-state index contributed by atoms with van der Waals surface area (Å²) in [5.74, 6) is 1.31. The van der Waals surface area contributed by atoms with Crippen molar-refractivity contribution in [2.24, 2.45) is 0 Å². The first-order valence-electron chi connectivity index (χ1n) is 9.87. The van der Waals surface area contributed by atoms with Crippen LogP contribution in [0.1, 0.15) is 24.7 Å². The Morgan fingerprint density at radius 2 is 2.03 bits per heavy atom. The van der Waals surface area contributed by atoms with Crippen molar-refractivity contribution < 1.29 is 18.4 Å². The monoisotopic (exact) mass is 410 g/mol. The minimum absolute atomic E-state index is 0.0795. The third-order valence-electron chi connectivity index (χ3n) is 5.21. The zero-order chi connectivity index (χ0) is 20.9. The Bertz CT molecular complexity index is 1010. The van der Waals surface area contributed by atoms with E-state index in [0.717, 1.165) is 25.9 Å². The van der Waals surface area contributed by atoms with Crippen molar-refractivity contribution in [1.29, 1.82) is 0 Å². The van der Waals surface area contributed by atoms with Gasteiger partial charge in [-0.15, -0.1) is 0 Å². The van der Waals surface area contributed by atoms with E-state index >= 15 is 0 Å². The van der Waals surface area contributed by atoms with Gasteiger partial charge in [-0.25, -0.2) is 4.39 Å². The molecule has 0 saturated carbocycles. The highest BCUT2D eigenvalue weighted by Crippen LogP contribution is 2.29. The second-order valence-electron chi connectivity index (χ2n) is 7.27. The highest BCUT2D eigenvalue weighted by Gasteiger charge is 2.26. The van der Waals surface area contributed by atoms with Crippen molar-refractivity contribution in [3.8, 4) is 17.1 Å². The van der Waals surface area contributed by atoms with Gasteiger partial charge in [0.15, 0.2) is 0 Å². The van der Waals surface area contributed by atoms with E-state index in [0.29, 0.717) is 35.3 Å². The van der Waals surface area contributed by atoms with Crippen molar-refractivity contribution in [3.05, 3.63) is 60.2 Å². The molecular weight excluding hydrogens is 387 g/mol. The predicted molar refractivity (Wildman–Crippen MR) is 110 cm³/mol. The Balaban J connectivity index is 1.30. The van der Waals surface area contributed by atoms with Crippen LogP contribution >= 0.6 is 0 Å². The van der Waals surface area contributed by atoms with Gasteiger partial charge in [0.1, 0.15) is 11.6 Å². The van der Waals surface area contributed by atoms with Crippen LogP contribution in [0.2, 0.25) is 0 Å². The summed E-state index contributed by atoms with van der Waals surface area (Å²) in [5.41, 5.74) is 1.26. The first-order valence-corrected chi connectivity index (χ1v) is 9.87. The van der Waals surface area contributed by atoms with Gasteiger partial charge in [-0.05, 0) is 50.2 Å². The van der Waals surface area contributed by atoms with Crippen LogP contribution in [0.25, 0.3) is 11.4 Å². The van der Waals surface area contributed by atoms with E-state index in [9.17, 15) is 9.18 Å². The molecule has 0 atom stereocenters. The SMILES string of the molecule is COc1ccccc1NC(=O)CN1CCC(c2nc(-c3cccc(F)c3)no2)CC1. The largest absolute Gasteiger partial charge is 0.495 e. The number of nitrogens with one attached hydrogen (secondary N) is 1. The lowest BCUT2D eigenvalue weighted by Gasteiger charge is -2.29. The van der Waals surface area contributed by atoms with Crippen LogP contribution in [0.5, 0.6) is 5.75 Å². The van der Waals surface area contributed by atoms with Gasteiger partial charge in [0.25, 0.3) is 0 Å². The van der Waals surface area contributed by atoms with E-state index in [1.807, 2.05) is 24.3 Å². The van der Waals surface area contributed by atoms with Crippen molar-refractivity contribution in [2.45, 2.75) is 18.8 Å². The summed E-state index contributed by atoms with van der Waals surface area (Å²) in [6.45, 7) is 1.81. The second kappa shape index (κ2) is 9.04. The number of amides is 1. The number of ether oxygens (including phenoxy) is 1. The van der Waals surface area contributed by atoms with Crippen LogP contribution < -0.4 is 10.1 Å². The number of likely N-dealkylation sites (tertiary alicyclic amines) is 1. The molecule has 4 rings (SSSR count). The zero-order valence-corrected chi connectivity index (χ0v) is 16.7. The quantitative estimate of drug-likeness (QED) is 0.667. The fraction of sp³-hybridized carbons (Fsp3) is 0.318. The molecule has 0 aliphatic carbocycles. The maximum absolute atomic E-state index is 13.4. The molecular formula is C22H23FN4O3. The molecule has 1 saturated heterocycles. The van der Waals surface area contributed by atoms with E-state index in [4.69, 9.17) is 9.26 Å². The number of piperidine rings is 1. The maximum atomic E-state index is 13.4. The van der Waals surface area contributed by atoms with Crippen molar-refractivity contribution in [3.63, 3.8) is 0 Å². The smallest absolute Gasteiger partial charge is 0.238 e. The number of nitrogens with zero attached hydrogens (tertiary/aromatic N) is 3. The Morgan fingerprint density at radius 1 is 1.23 bits per heavy atom. The third kappa shape index (κ3) is 4.65. The summed E-state index contributed by atoms with van der Waals surface area (Å²) in [6, 6.07) is 13.5. The summed E-state index contributed by atoms with van der Waals surface area (Å²) in [6.07, 6.45) is 1.62. The van der Waals surface area contributed by atoms with Gasteiger partial charge < -0.3 is 14.6 Å². The number of anilines is 1. The molecule has 156 valence electrons. The van der Waals surface area contributed by atoms with E-state index in [1.54, 1.807) is 19.2 Å². The van der Waals surface area contributed by atoms with Crippen molar-refractivity contribution in [2.75, 3.05) is 32.1 Å². The first kappa shape index (κ1) is 20.0. The highest BCUT2D eigenvalue weighted by molar-refractivity contribution is 5.93. The summed E-state index contributed by atoms with van der Waals surface area (Å²) in [5, 5.41) is 6.89. The van der Waals surface area contributed by atoms with Crippen LogP contribution in [0.15, 0.2) is 53.1 Å². The van der Waals surface area contributed by atoms with E-state index in [2.05, 4.69) is 20.4 Å². The summed E-state index contributed by atoms with van der Waals surface area (Å²) in [4.78, 5) is 19.0. The average Bonchev–Trinajstić information content (AvgIpc) is 3.25. The lowest BCUT2D eigenvalue weighted by Crippen LogP contribution is -2.38. The average molecular weight is 410 g/mol. The molecule has 0 radical (unpaired) electrons. The molecule has 0 bridgehead atoms. The third-order valence-corrected chi connectivity index (χ3v) is 5.21. The molecule has 1 N–H and O–H groups in total. The molecule has 1 amide bonds. The zero-order valence-electron chi connectivity index (χ0n) is 16.7. The van der Waals surface area contributed by atoms with E-state index < -0.39 is 0 Å². The Kier molecular flexibility index (Phi) is 6.04. The van der Waals surface area contributed by atoms with Gasteiger partial charge in [-0.1, -0.05) is 29.4 Å². The van der Waals surface area contributed by atoms with Crippen molar-refractivity contribution in [1.82, 2.24) is 15.0 Å². The van der Waals surface area contributed by atoms with Crippen LogP contribution in [-0.4, -0.2) is 47.7 Å². The van der Waals surface area contributed by atoms with E-state index in [1.165, 1.54) is 12.1 Å². The van der Waals surface area contributed by atoms with Crippen LogP contribution in [0.4, 0.5) is 10.1 Å². The molecule has 1 aromatic heterocycles. The van der Waals surface area contributed by atoms with Crippen LogP contribution in [-0.2, 0) is 4.79 Å². The number of methoxy groups -OCH3 is 1. The molecule has 0 unspecified atom stereocenters. The molecule has 1 fully saturated rings. The van der Waals surface area contributed by atoms with Gasteiger partial charge in [0, 0.05) is 11.5 Å². The van der Waals surface area contributed by atoms with Gasteiger partial charge in [0.05, 0.1) is 19.3 Å². The number of para-hydroxylation sites is 2. The number of carbonyl (C=O) groups is 1. The Hall–Kier alpha value is -3.26. The number of carbonyl (C=O) groups excluding carboxylic acids is 1. The highest BCUT2D eigenvalue weighted by atomic mass is 19.1. The molecule has 7 nitrogen and oxygen atoms in total. The summed E-state index contributed by atoms with van der Waals surface area (Å²) in [7, 11) is 1.58. The minimum atomic E-state index is -0.335. The fourth-order valence-corrected chi connectivity index (χ4v) is 3.62.